The highest BCUT2D eigenvalue weighted by atomic mass is 32.2. The number of ether oxygens (including phenoxy) is 1. The summed E-state index contributed by atoms with van der Waals surface area (Å²) in [4.78, 5) is 11.5. The van der Waals surface area contributed by atoms with Gasteiger partial charge in [0.1, 0.15) is 11.4 Å². The average molecular weight is 405 g/mol. The minimum atomic E-state index is -3.96. The van der Waals surface area contributed by atoms with E-state index in [9.17, 15) is 18.3 Å². The topological polar surface area (TPSA) is 113 Å². The van der Waals surface area contributed by atoms with Crippen LogP contribution in [0.5, 0.6) is 10.8 Å². The first-order valence-corrected chi connectivity index (χ1v) is 9.99. The SMILES string of the molecule is Cc1ccccc1S(=O)(=O)Nc1cc(-c2ccccc2O)sc1OC(=O)O. The van der Waals surface area contributed by atoms with Crippen LogP contribution in [0.2, 0.25) is 0 Å². The molecule has 0 unspecified atom stereocenters. The van der Waals surface area contributed by atoms with Crippen molar-refractivity contribution in [2.45, 2.75) is 11.8 Å². The minimum Gasteiger partial charge on any atom is -0.507 e. The third-order valence-corrected chi connectivity index (χ3v) is 6.25. The molecule has 3 rings (SSSR count). The standard InChI is InChI=1S/C18H15NO6S2/c1-11-6-2-5-9-16(11)27(23,24)19-13-10-15(26-17(13)25-18(21)22)12-7-3-4-8-14(12)20/h2-10,19-20H,1H3,(H,21,22). The molecule has 7 nitrogen and oxygen atoms in total. The molecule has 0 saturated carbocycles. The first-order valence-electron chi connectivity index (χ1n) is 7.69. The number of phenols is 1. The molecular formula is C18H15NO6S2. The Morgan fingerprint density at radius 3 is 2.44 bits per heavy atom. The molecule has 1 aromatic heterocycles. The van der Waals surface area contributed by atoms with Gasteiger partial charge in [0, 0.05) is 10.4 Å². The van der Waals surface area contributed by atoms with E-state index in [2.05, 4.69) is 4.72 Å². The largest absolute Gasteiger partial charge is 0.512 e. The van der Waals surface area contributed by atoms with Crippen LogP contribution >= 0.6 is 11.3 Å². The molecule has 2 aromatic carbocycles. The van der Waals surface area contributed by atoms with E-state index in [1.807, 2.05) is 0 Å². The fourth-order valence-corrected chi connectivity index (χ4v) is 4.83. The number of anilines is 1. The maximum atomic E-state index is 12.7. The monoisotopic (exact) mass is 405 g/mol. The van der Waals surface area contributed by atoms with Crippen molar-refractivity contribution in [3.63, 3.8) is 0 Å². The maximum absolute atomic E-state index is 12.7. The van der Waals surface area contributed by atoms with Crippen LogP contribution in [0.25, 0.3) is 10.4 Å². The molecule has 0 saturated heterocycles. The van der Waals surface area contributed by atoms with Crippen molar-refractivity contribution in [2.24, 2.45) is 0 Å². The van der Waals surface area contributed by atoms with Gasteiger partial charge in [-0.05, 0) is 36.8 Å². The van der Waals surface area contributed by atoms with Gasteiger partial charge in [-0.15, -0.1) is 0 Å². The zero-order valence-corrected chi connectivity index (χ0v) is 15.7. The van der Waals surface area contributed by atoms with Gasteiger partial charge in [0.25, 0.3) is 10.0 Å². The summed E-state index contributed by atoms with van der Waals surface area (Å²) in [6.45, 7) is 1.66. The van der Waals surface area contributed by atoms with Gasteiger partial charge in [-0.2, -0.15) is 0 Å². The van der Waals surface area contributed by atoms with Crippen molar-refractivity contribution in [3.05, 3.63) is 60.2 Å². The van der Waals surface area contributed by atoms with E-state index in [0.29, 0.717) is 16.0 Å². The second kappa shape index (κ2) is 7.29. The van der Waals surface area contributed by atoms with Crippen molar-refractivity contribution in [1.82, 2.24) is 0 Å². The summed E-state index contributed by atoms with van der Waals surface area (Å²) >= 11 is 0.905. The number of aromatic hydroxyl groups is 1. The second-order valence-corrected chi connectivity index (χ2v) is 8.23. The summed E-state index contributed by atoms with van der Waals surface area (Å²) in [5.74, 6) is -0.0195. The summed E-state index contributed by atoms with van der Waals surface area (Å²) < 4.78 is 32.5. The predicted octanol–water partition coefficient (Wildman–Crippen LogP) is 4.29. The number of hydrogen-bond donors (Lipinski definition) is 3. The van der Waals surface area contributed by atoms with Crippen molar-refractivity contribution < 1.29 is 28.2 Å². The molecule has 27 heavy (non-hydrogen) atoms. The molecule has 0 atom stereocenters. The number of benzene rings is 2. The lowest BCUT2D eigenvalue weighted by molar-refractivity contribution is 0.146. The van der Waals surface area contributed by atoms with Crippen LogP contribution in [0.4, 0.5) is 10.5 Å². The number of nitrogens with one attached hydrogen (secondary N) is 1. The van der Waals surface area contributed by atoms with E-state index in [0.717, 1.165) is 11.3 Å². The molecule has 0 spiro atoms. The van der Waals surface area contributed by atoms with Crippen LogP contribution in [0, 0.1) is 6.92 Å². The molecule has 140 valence electrons. The van der Waals surface area contributed by atoms with Crippen LogP contribution in [0.1, 0.15) is 5.56 Å². The first-order chi connectivity index (χ1) is 12.8. The van der Waals surface area contributed by atoms with Gasteiger partial charge in [-0.3, -0.25) is 4.72 Å². The molecule has 3 N–H and O–H groups in total. The number of sulfonamides is 1. The molecule has 0 radical (unpaired) electrons. The molecular weight excluding hydrogens is 390 g/mol. The van der Waals surface area contributed by atoms with Gasteiger partial charge in [-0.25, -0.2) is 13.2 Å². The Morgan fingerprint density at radius 2 is 1.78 bits per heavy atom. The Kier molecular flexibility index (Phi) is 5.06. The number of aryl methyl sites for hydroxylation is 1. The predicted molar refractivity (Wildman–Crippen MR) is 102 cm³/mol. The van der Waals surface area contributed by atoms with Crippen LogP contribution in [-0.2, 0) is 10.0 Å². The summed E-state index contributed by atoms with van der Waals surface area (Å²) in [5, 5.41) is 18.8. The zero-order chi connectivity index (χ0) is 19.6. The number of para-hydroxylation sites is 1. The third kappa shape index (κ3) is 4.04. The van der Waals surface area contributed by atoms with Gasteiger partial charge < -0.3 is 14.9 Å². The highest BCUT2D eigenvalue weighted by Gasteiger charge is 2.23. The van der Waals surface area contributed by atoms with Crippen LogP contribution < -0.4 is 9.46 Å². The Bertz CT molecular complexity index is 1100. The second-order valence-electron chi connectivity index (χ2n) is 5.57. The lowest BCUT2D eigenvalue weighted by Crippen LogP contribution is -2.15. The minimum absolute atomic E-state index is 0.0195. The quantitative estimate of drug-likeness (QED) is 0.546. The van der Waals surface area contributed by atoms with Gasteiger partial charge in [0.05, 0.1) is 4.90 Å². The van der Waals surface area contributed by atoms with E-state index < -0.39 is 16.2 Å². The van der Waals surface area contributed by atoms with Gasteiger partial charge in [-0.1, -0.05) is 41.7 Å². The van der Waals surface area contributed by atoms with Gasteiger partial charge in [0.15, 0.2) is 0 Å². The molecule has 0 aliphatic carbocycles. The highest BCUT2D eigenvalue weighted by molar-refractivity contribution is 7.92. The molecule has 0 amide bonds. The Balaban J connectivity index is 2.05. The first kappa shape index (κ1) is 18.7. The van der Waals surface area contributed by atoms with E-state index >= 15 is 0 Å². The molecule has 0 bridgehead atoms. The normalized spacial score (nSPS) is 11.1. The van der Waals surface area contributed by atoms with E-state index in [1.165, 1.54) is 18.2 Å². The third-order valence-electron chi connectivity index (χ3n) is 3.67. The lowest BCUT2D eigenvalue weighted by Gasteiger charge is -2.10. The van der Waals surface area contributed by atoms with Crippen molar-refractivity contribution >= 4 is 33.2 Å². The fraction of sp³-hybridized carbons (Fsp3) is 0.0556. The van der Waals surface area contributed by atoms with Crippen molar-refractivity contribution in [2.75, 3.05) is 4.72 Å². The lowest BCUT2D eigenvalue weighted by atomic mass is 10.1. The molecule has 3 aromatic rings. The number of phenolic OH excluding ortho intramolecular Hbond substituents is 1. The number of hydrogen-bond acceptors (Lipinski definition) is 6. The molecule has 0 fully saturated rings. The van der Waals surface area contributed by atoms with Crippen LogP contribution in [-0.4, -0.2) is 24.8 Å². The number of rotatable bonds is 5. The molecule has 0 aliphatic heterocycles. The van der Waals surface area contributed by atoms with Crippen molar-refractivity contribution in [3.8, 4) is 21.3 Å². The smallest absolute Gasteiger partial charge is 0.507 e. The summed E-state index contributed by atoms with van der Waals surface area (Å²) in [7, 11) is -3.96. The number of thiophene rings is 1. The zero-order valence-electron chi connectivity index (χ0n) is 14.0. The highest BCUT2D eigenvalue weighted by Crippen LogP contribution is 2.44. The fourth-order valence-electron chi connectivity index (χ4n) is 2.47. The maximum Gasteiger partial charge on any atom is 0.512 e. The van der Waals surface area contributed by atoms with Crippen LogP contribution in [0.15, 0.2) is 59.5 Å². The van der Waals surface area contributed by atoms with E-state index in [-0.39, 0.29) is 21.4 Å². The molecule has 1 heterocycles. The number of carboxylic acid groups (broad SMARTS) is 1. The Hall–Kier alpha value is -3.04. The Labute approximate surface area is 159 Å². The van der Waals surface area contributed by atoms with Crippen LogP contribution in [0.3, 0.4) is 0 Å². The van der Waals surface area contributed by atoms with Gasteiger partial charge >= 0.3 is 6.16 Å². The summed E-state index contributed by atoms with van der Waals surface area (Å²) in [6, 6.07) is 14.3. The van der Waals surface area contributed by atoms with Gasteiger partial charge in [0.2, 0.25) is 5.06 Å². The molecule has 9 heteroatoms. The number of carbonyl (C=O) groups is 1. The van der Waals surface area contributed by atoms with E-state index in [1.54, 1.807) is 43.3 Å². The summed E-state index contributed by atoms with van der Waals surface area (Å²) in [6.07, 6.45) is -1.57. The average Bonchev–Trinajstić information content (AvgIpc) is 2.96. The summed E-state index contributed by atoms with van der Waals surface area (Å²) in [5.41, 5.74) is 0.949. The van der Waals surface area contributed by atoms with Crippen molar-refractivity contribution in [1.29, 1.82) is 0 Å². The van der Waals surface area contributed by atoms with E-state index in [4.69, 9.17) is 9.84 Å². The molecule has 0 aliphatic rings. The Morgan fingerprint density at radius 1 is 1.11 bits per heavy atom.